The smallest absolute Gasteiger partial charge is 0.0103 e. The Labute approximate surface area is 222 Å². The molecule has 0 aliphatic heterocycles. The number of hydrogen-bond acceptors (Lipinski definition) is 0. The van der Waals surface area contributed by atoms with E-state index in [4.69, 9.17) is 0 Å². The van der Waals surface area contributed by atoms with Crippen LogP contribution in [-0.2, 0) is 0 Å². The molecule has 2 fully saturated rings. The maximum atomic E-state index is 2.55. The van der Waals surface area contributed by atoms with Crippen LogP contribution < -0.4 is 0 Å². The molecule has 0 amide bonds. The van der Waals surface area contributed by atoms with Gasteiger partial charge in [-0.3, -0.25) is 0 Å². The van der Waals surface area contributed by atoms with Gasteiger partial charge in [-0.1, -0.05) is 103 Å². The van der Waals surface area contributed by atoms with Crippen molar-refractivity contribution in [3.63, 3.8) is 0 Å². The minimum Gasteiger partial charge on any atom is -0.0617 e. The quantitative estimate of drug-likeness (QED) is 0.408. The first-order valence-corrected chi connectivity index (χ1v) is 14.1. The van der Waals surface area contributed by atoms with E-state index in [0.717, 1.165) is 0 Å². The third-order valence-electron chi connectivity index (χ3n) is 9.71. The molecule has 36 heavy (non-hydrogen) atoms. The van der Waals surface area contributed by atoms with Crippen LogP contribution in [0, 0.1) is 49.4 Å². The van der Waals surface area contributed by atoms with E-state index < -0.39 is 0 Å². The third-order valence-corrected chi connectivity index (χ3v) is 9.71. The molecular weight excluding hydrogens is 432 g/mol. The fourth-order valence-corrected chi connectivity index (χ4v) is 7.78. The van der Waals surface area contributed by atoms with Gasteiger partial charge in [-0.25, -0.2) is 0 Å². The molecule has 0 nitrogen and oxygen atoms in total. The molecule has 0 atom stereocenters. The van der Waals surface area contributed by atoms with Gasteiger partial charge in [0, 0.05) is 0 Å². The highest BCUT2D eigenvalue weighted by atomic mass is 14.5. The largest absolute Gasteiger partial charge is 0.0617 e. The van der Waals surface area contributed by atoms with Crippen molar-refractivity contribution in [3.8, 4) is 0 Å². The Morgan fingerprint density at radius 3 is 1.47 bits per heavy atom. The van der Waals surface area contributed by atoms with E-state index in [1.165, 1.54) is 70.2 Å². The number of hydrogen-bond donors (Lipinski definition) is 0. The van der Waals surface area contributed by atoms with Crippen molar-refractivity contribution in [3.05, 3.63) is 80.4 Å². The first kappa shape index (κ1) is 27.0. The molecule has 0 heterocycles. The Hall–Kier alpha value is -2.08. The van der Waals surface area contributed by atoms with E-state index >= 15 is 0 Å². The summed E-state index contributed by atoms with van der Waals surface area (Å²) >= 11 is 0. The normalized spacial score (nSPS) is 21.7. The molecule has 2 aliphatic carbocycles. The predicted octanol–water partition coefficient (Wildman–Crippen LogP) is 10.8. The first-order chi connectivity index (χ1) is 16.5. The molecule has 2 saturated carbocycles. The molecule has 2 aromatic rings. The molecule has 0 unspecified atom stereocenters. The lowest BCUT2D eigenvalue weighted by molar-refractivity contribution is 0.447. The summed E-state index contributed by atoms with van der Waals surface area (Å²) in [6, 6.07) is 11.8. The Bertz CT molecular complexity index is 1170. The van der Waals surface area contributed by atoms with Gasteiger partial charge in [0.25, 0.3) is 0 Å². The van der Waals surface area contributed by atoms with E-state index in [9.17, 15) is 0 Å². The maximum Gasteiger partial charge on any atom is -0.0103 e. The summed E-state index contributed by atoms with van der Waals surface area (Å²) in [4.78, 5) is 0. The van der Waals surface area contributed by atoms with Crippen LogP contribution in [0.3, 0.4) is 0 Å². The minimum absolute atomic E-state index is 0.188. The summed E-state index contributed by atoms with van der Waals surface area (Å²) in [5, 5.41) is 0. The number of allylic oxidation sites excluding steroid dienone is 2. The predicted molar refractivity (Wildman–Crippen MR) is 159 cm³/mol. The topological polar surface area (TPSA) is 0 Å². The van der Waals surface area contributed by atoms with Gasteiger partial charge in [0.15, 0.2) is 0 Å². The Balaban J connectivity index is 2.01. The van der Waals surface area contributed by atoms with Crippen LogP contribution in [0.2, 0.25) is 0 Å². The van der Waals surface area contributed by atoms with Crippen LogP contribution in [0.25, 0.3) is 11.6 Å². The lowest BCUT2D eigenvalue weighted by Crippen LogP contribution is -2.20. The van der Waals surface area contributed by atoms with Crippen LogP contribution in [-0.4, -0.2) is 0 Å². The molecule has 0 radical (unpaired) electrons. The molecule has 0 N–H and O–H groups in total. The van der Waals surface area contributed by atoms with Crippen molar-refractivity contribution < 1.29 is 0 Å². The second-order valence-electron chi connectivity index (χ2n) is 14.6. The van der Waals surface area contributed by atoms with Crippen molar-refractivity contribution >= 4 is 11.6 Å². The molecule has 2 aliphatic rings. The summed E-state index contributed by atoms with van der Waals surface area (Å²) < 4.78 is 0. The van der Waals surface area contributed by atoms with Crippen molar-refractivity contribution in [2.24, 2.45) is 21.7 Å². The molecule has 194 valence electrons. The zero-order chi connectivity index (χ0) is 26.8. The molecule has 0 bridgehead atoms. The SMILES string of the molecule is Cc1cc(C(=C2C(C)(C)CCC2(C)C)c2c(C)cccc2C)cc(C)c1C=C1C(C)(C)CCC1(C)C. The van der Waals surface area contributed by atoms with Crippen LogP contribution >= 0.6 is 0 Å². The van der Waals surface area contributed by atoms with Gasteiger partial charge in [0.2, 0.25) is 0 Å². The van der Waals surface area contributed by atoms with Crippen LogP contribution in [0.4, 0.5) is 0 Å². The van der Waals surface area contributed by atoms with Crippen molar-refractivity contribution in [2.75, 3.05) is 0 Å². The van der Waals surface area contributed by atoms with Gasteiger partial charge in [-0.05, 0) is 120 Å². The number of aryl methyl sites for hydroxylation is 4. The van der Waals surface area contributed by atoms with Gasteiger partial charge >= 0.3 is 0 Å². The second kappa shape index (κ2) is 8.75. The van der Waals surface area contributed by atoms with Gasteiger partial charge in [0.05, 0.1) is 0 Å². The van der Waals surface area contributed by atoms with E-state index in [1.807, 2.05) is 0 Å². The summed E-state index contributed by atoms with van der Waals surface area (Å²) in [6.45, 7) is 28.8. The molecule has 0 spiro atoms. The average Bonchev–Trinajstić information content (AvgIpc) is 3.08. The molecular formula is C36H50. The van der Waals surface area contributed by atoms with E-state index in [1.54, 1.807) is 11.1 Å². The summed E-state index contributed by atoms with van der Waals surface area (Å²) in [5.41, 5.74) is 15.5. The van der Waals surface area contributed by atoms with Crippen molar-refractivity contribution in [1.82, 2.24) is 0 Å². The van der Waals surface area contributed by atoms with Crippen LogP contribution in [0.15, 0.2) is 41.5 Å². The fraction of sp³-hybridized carbons (Fsp3) is 0.556. The van der Waals surface area contributed by atoms with E-state index in [-0.39, 0.29) is 21.7 Å². The van der Waals surface area contributed by atoms with E-state index in [0.29, 0.717) is 0 Å². The maximum absolute atomic E-state index is 2.55. The highest BCUT2D eigenvalue weighted by molar-refractivity contribution is 5.87. The van der Waals surface area contributed by atoms with Gasteiger partial charge in [-0.2, -0.15) is 0 Å². The molecule has 0 heteroatoms. The minimum atomic E-state index is 0.188. The Kier molecular flexibility index (Phi) is 6.55. The highest BCUT2D eigenvalue weighted by Crippen LogP contribution is 2.58. The Morgan fingerprint density at radius 2 is 1.03 bits per heavy atom. The first-order valence-electron chi connectivity index (χ1n) is 14.1. The van der Waals surface area contributed by atoms with Gasteiger partial charge in [0.1, 0.15) is 0 Å². The van der Waals surface area contributed by atoms with Gasteiger partial charge < -0.3 is 0 Å². The molecule has 4 rings (SSSR count). The number of rotatable bonds is 3. The second-order valence-corrected chi connectivity index (χ2v) is 14.6. The van der Waals surface area contributed by atoms with Crippen molar-refractivity contribution in [2.45, 2.75) is 109 Å². The zero-order valence-electron chi connectivity index (χ0n) is 25.3. The van der Waals surface area contributed by atoms with Gasteiger partial charge in [-0.15, -0.1) is 0 Å². The highest BCUT2D eigenvalue weighted by Gasteiger charge is 2.45. The number of benzene rings is 2. The Morgan fingerprint density at radius 1 is 0.611 bits per heavy atom. The standard InChI is InChI=1S/C36H50/c1-23-14-13-15-24(2)30(23)31(32-35(9,10)18-19-36(32,11)12)27-20-25(3)28(26(4)21-27)22-29-33(5,6)16-17-34(29,7)8/h13-15,20-22H,16-19H2,1-12H3. The lowest BCUT2D eigenvalue weighted by Gasteiger charge is -2.33. The molecule has 2 aromatic carbocycles. The average molecular weight is 483 g/mol. The monoisotopic (exact) mass is 482 g/mol. The van der Waals surface area contributed by atoms with E-state index in [2.05, 4.69) is 119 Å². The third kappa shape index (κ3) is 4.55. The zero-order valence-corrected chi connectivity index (χ0v) is 25.3. The summed E-state index contributed by atoms with van der Waals surface area (Å²) in [6.07, 6.45) is 7.59. The van der Waals surface area contributed by atoms with Crippen LogP contribution in [0.1, 0.15) is 120 Å². The molecule has 0 saturated heterocycles. The summed E-state index contributed by atoms with van der Waals surface area (Å²) in [7, 11) is 0. The van der Waals surface area contributed by atoms with Crippen LogP contribution in [0.5, 0.6) is 0 Å². The fourth-order valence-electron chi connectivity index (χ4n) is 7.78. The lowest BCUT2D eigenvalue weighted by atomic mass is 9.71. The molecule has 0 aromatic heterocycles. The van der Waals surface area contributed by atoms with Crippen molar-refractivity contribution in [1.29, 1.82) is 0 Å². The summed E-state index contributed by atoms with van der Waals surface area (Å²) in [5.74, 6) is 0.